The molecule has 3 heterocycles. The lowest BCUT2D eigenvalue weighted by atomic mass is 10.2. The molecule has 2 aromatic rings. The fourth-order valence-corrected chi connectivity index (χ4v) is 3.27. The van der Waals surface area contributed by atoms with E-state index in [1.165, 1.54) is 12.8 Å². The van der Waals surface area contributed by atoms with Gasteiger partial charge in [0.1, 0.15) is 5.76 Å². The summed E-state index contributed by atoms with van der Waals surface area (Å²) in [5.41, 5.74) is 0. The van der Waals surface area contributed by atoms with E-state index in [9.17, 15) is 0 Å². The van der Waals surface area contributed by atoms with Crippen LogP contribution in [-0.4, -0.2) is 51.1 Å². The number of hydrogen-bond donors (Lipinski definition) is 0. The van der Waals surface area contributed by atoms with Gasteiger partial charge in [0.2, 0.25) is 11.8 Å². The molecule has 7 nitrogen and oxygen atoms in total. The Labute approximate surface area is 142 Å². The molecule has 0 radical (unpaired) electrons. The molecular formula is C17H25N5O2. The molecule has 1 saturated carbocycles. The summed E-state index contributed by atoms with van der Waals surface area (Å²) in [5.74, 6) is 3.95. The van der Waals surface area contributed by atoms with Crippen LogP contribution in [0.4, 0.5) is 0 Å². The maximum absolute atomic E-state index is 5.72. The van der Waals surface area contributed by atoms with Crippen LogP contribution in [0.25, 0.3) is 0 Å². The molecule has 0 unspecified atom stereocenters. The average molecular weight is 331 g/mol. The standard InChI is InChI=1S/C17H25N5O2/c1-3-14-8-18-15(23-14)10-21(2)13-6-7-22(9-13)11-16-19-17(20-24-16)12-4-5-12/h8,12-13H,3-7,9-11H2,1-2H3/t13-/m0/s1. The first-order chi connectivity index (χ1) is 11.7. The molecule has 130 valence electrons. The van der Waals surface area contributed by atoms with Crippen LogP contribution in [0.15, 0.2) is 15.1 Å². The Kier molecular flexibility index (Phi) is 4.37. The second-order valence-electron chi connectivity index (χ2n) is 6.99. The van der Waals surface area contributed by atoms with Crippen molar-refractivity contribution in [2.24, 2.45) is 0 Å². The Morgan fingerprint density at radius 2 is 2.17 bits per heavy atom. The highest BCUT2D eigenvalue weighted by molar-refractivity contribution is 5.03. The Hall–Kier alpha value is -1.73. The van der Waals surface area contributed by atoms with E-state index in [1.54, 1.807) is 0 Å². The quantitative estimate of drug-likeness (QED) is 0.770. The first kappa shape index (κ1) is 15.8. The van der Waals surface area contributed by atoms with E-state index >= 15 is 0 Å². The Morgan fingerprint density at radius 3 is 2.92 bits per heavy atom. The second kappa shape index (κ2) is 6.64. The normalized spacial score (nSPS) is 21.9. The highest BCUT2D eigenvalue weighted by atomic mass is 16.5. The molecule has 0 N–H and O–H groups in total. The predicted molar refractivity (Wildman–Crippen MR) is 87.3 cm³/mol. The van der Waals surface area contributed by atoms with E-state index in [0.29, 0.717) is 12.0 Å². The molecule has 1 aliphatic heterocycles. The first-order valence-corrected chi connectivity index (χ1v) is 8.90. The molecule has 2 aliphatic rings. The minimum absolute atomic E-state index is 0.507. The van der Waals surface area contributed by atoms with Crippen LogP contribution >= 0.6 is 0 Å². The first-order valence-electron chi connectivity index (χ1n) is 8.90. The summed E-state index contributed by atoms with van der Waals surface area (Å²) in [6.07, 6.45) is 6.27. The van der Waals surface area contributed by atoms with Crippen molar-refractivity contribution in [1.29, 1.82) is 0 Å². The molecule has 7 heteroatoms. The second-order valence-corrected chi connectivity index (χ2v) is 6.99. The van der Waals surface area contributed by atoms with Crippen LogP contribution in [0, 0.1) is 0 Å². The largest absolute Gasteiger partial charge is 0.444 e. The lowest BCUT2D eigenvalue weighted by Crippen LogP contribution is -2.34. The summed E-state index contributed by atoms with van der Waals surface area (Å²) in [7, 11) is 2.14. The number of rotatable bonds is 7. The van der Waals surface area contributed by atoms with E-state index in [0.717, 1.165) is 62.4 Å². The third-order valence-corrected chi connectivity index (χ3v) is 4.99. The fraction of sp³-hybridized carbons (Fsp3) is 0.706. The van der Waals surface area contributed by atoms with Crippen molar-refractivity contribution in [2.75, 3.05) is 20.1 Å². The SMILES string of the molecule is CCc1cnc(CN(C)[C@H]2CCN(Cc3nc(C4CC4)no3)C2)o1. The van der Waals surface area contributed by atoms with Gasteiger partial charge in [-0.2, -0.15) is 4.98 Å². The number of nitrogens with zero attached hydrogens (tertiary/aromatic N) is 5. The Bertz CT molecular complexity index is 678. The summed E-state index contributed by atoms with van der Waals surface area (Å²) in [6.45, 7) is 5.66. The highest BCUT2D eigenvalue weighted by Crippen LogP contribution is 2.38. The van der Waals surface area contributed by atoms with Crippen molar-refractivity contribution in [3.8, 4) is 0 Å². The van der Waals surface area contributed by atoms with E-state index in [4.69, 9.17) is 8.94 Å². The van der Waals surface area contributed by atoms with Crippen molar-refractivity contribution in [1.82, 2.24) is 24.9 Å². The number of hydrogen-bond acceptors (Lipinski definition) is 7. The van der Waals surface area contributed by atoms with Crippen molar-refractivity contribution < 1.29 is 8.94 Å². The summed E-state index contributed by atoms with van der Waals surface area (Å²) in [6, 6.07) is 0.507. The summed E-state index contributed by atoms with van der Waals surface area (Å²) in [4.78, 5) is 13.6. The van der Waals surface area contributed by atoms with Crippen LogP contribution in [0.3, 0.4) is 0 Å². The van der Waals surface area contributed by atoms with Crippen LogP contribution < -0.4 is 0 Å². The molecule has 1 saturated heterocycles. The van der Waals surface area contributed by atoms with Gasteiger partial charge in [-0.15, -0.1) is 0 Å². The molecule has 0 bridgehead atoms. The number of aryl methyl sites for hydroxylation is 1. The van der Waals surface area contributed by atoms with E-state index in [2.05, 4.69) is 38.9 Å². The molecule has 24 heavy (non-hydrogen) atoms. The summed E-state index contributed by atoms with van der Waals surface area (Å²) < 4.78 is 11.1. The van der Waals surface area contributed by atoms with Gasteiger partial charge in [0.25, 0.3) is 0 Å². The van der Waals surface area contributed by atoms with E-state index < -0.39 is 0 Å². The molecule has 1 atom stereocenters. The van der Waals surface area contributed by atoms with Gasteiger partial charge in [0, 0.05) is 31.5 Å². The molecular weight excluding hydrogens is 306 g/mol. The monoisotopic (exact) mass is 331 g/mol. The molecule has 0 aromatic carbocycles. The van der Waals surface area contributed by atoms with Gasteiger partial charge in [0.05, 0.1) is 19.3 Å². The minimum Gasteiger partial charge on any atom is -0.444 e. The average Bonchev–Trinajstić information content (AvgIpc) is 3.00. The Balaban J connectivity index is 1.28. The number of likely N-dealkylation sites (N-methyl/N-ethyl adjacent to an activating group) is 1. The van der Waals surface area contributed by atoms with Crippen molar-refractivity contribution in [2.45, 2.75) is 57.7 Å². The van der Waals surface area contributed by atoms with Gasteiger partial charge in [-0.25, -0.2) is 4.98 Å². The molecule has 2 aromatic heterocycles. The Morgan fingerprint density at radius 1 is 1.29 bits per heavy atom. The number of oxazole rings is 1. The molecule has 0 amide bonds. The van der Waals surface area contributed by atoms with Crippen LogP contribution in [0.1, 0.15) is 55.5 Å². The topological polar surface area (TPSA) is 71.4 Å². The van der Waals surface area contributed by atoms with Gasteiger partial charge in [-0.3, -0.25) is 9.80 Å². The maximum Gasteiger partial charge on any atom is 0.240 e. The van der Waals surface area contributed by atoms with Gasteiger partial charge in [-0.05, 0) is 26.3 Å². The van der Waals surface area contributed by atoms with Crippen molar-refractivity contribution in [3.05, 3.63) is 29.6 Å². The van der Waals surface area contributed by atoms with Gasteiger partial charge in [-0.1, -0.05) is 12.1 Å². The minimum atomic E-state index is 0.507. The molecule has 1 aliphatic carbocycles. The maximum atomic E-state index is 5.72. The zero-order chi connectivity index (χ0) is 16.5. The number of likely N-dealkylation sites (tertiary alicyclic amines) is 1. The van der Waals surface area contributed by atoms with Crippen LogP contribution in [0.2, 0.25) is 0 Å². The fourth-order valence-electron chi connectivity index (χ4n) is 3.27. The summed E-state index contributed by atoms with van der Waals surface area (Å²) in [5, 5.41) is 4.10. The van der Waals surface area contributed by atoms with Gasteiger partial charge < -0.3 is 8.94 Å². The lowest BCUT2D eigenvalue weighted by molar-refractivity contribution is 0.197. The van der Waals surface area contributed by atoms with E-state index in [-0.39, 0.29) is 0 Å². The van der Waals surface area contributed by atoms with Gasteiger partial charge >= 0.3 is 0 Å². The zero-order valence-electron chi connectivity index (χ0n) is 14.4. The third-order valence-electron chi connectivity index (χ3n) is 4.99. The smallest absolute Gasteiger partial charge is 0.240 e. The van der Waals surface area contributed by atoms with Crippen molar-refractivity contribution in [3.63, 3.8) is 0 Å². The predicted octanol–water partition coefficient (Wildman–Crippen LogP) is 2.20. The molecule has 0 spiro atoms. The lowest BCUT2D eigenvalue weighted by Gasteiger charge is -2.23. The third kappa shape index (κ3) is 3.52. The number of aromatic nitrogens is 3. The van der Waals surface area contributed by atoms with Crippen LogP contribution in [0.5, 0.6) is 0 Å². The highest BCUT2D eigenvalue weighted by Gasteiger charge is 2.30. The summed E-state index contributed by atoms with van der Waals surface area (Å²) >= 11 is 0. The molecule has 4 rings (SSSR count). The zero-order valence-corrected chi connectivity index (χ0v) is 14.4. The van der Waals surface area contributed by atoms with E-state index in [1.807, 2.05) is 6.20 Å². The molecule has 2 fully saturated rings. The van der Waals surface area contributed by atoms with Crippen LogP contribution in [-0.2, 0) is 19.5 Å². The van der Waals surface area contributed by atoms with Gasteiger partial charge in [0.15, 0.2) is 5.82 Å². The van der Waals surface area contributed by atoms with Crippen molar-refractivity contribution >= 4 is 0 Å².